The molecule has 86 valence electrons. The molecule has 0 saturated heterocycles. The summed E-state index contributed by atoms with van der Waals surface area (Å²) in [5, 5.41) is 11.4. The van der Waals surface area contributed by atoms with Gasteiger partial charge in [0.2, 0.25) is 5.91 Å². The summed E-state index contributed by atoms with van der Waals surface area (Å²) in [6.45, 7) is 1.52. The van der Waals surface area contributed by atoms with Crippen LogP contribution < -0.4 is 11.1 Å². The van der Waals surface area contributed by atoms with Gasteiger partial charge in [0, 0.05) is 4.47 Å². The molecule has 16 heavy (non-hydrogen) atoms. The Bertz CT molecular complexity index is 432. The van der Waals surface area contributed by atoms with Crippen molar-refractivity contribution in [1.82, 2.24) is 0 Å². The van der Waals surface area contributed by atoms with Gasteiger partial charge in [0.15, 0.2) is 0 Å². The zero-order valence-corrected chi connectivity index (χ0v) is 10.1. The lowest BCUT2D eigenvalue weighted by molar-refractivity contribution is -0.117. The minimum absolute atomic E-state index is 0.0252. The molecule has 1 unspecified atom stereocenters. The summed E-state index contributed by atoms with van der Waals surface area (Å²) < 4.78 is 0.678. The first-order chi connectivity index (χ1) is 7.41. The van der Waals surface area contributed by atoms with Crippen LogP contribution >= 0.6 is 15.9 Å². The lowest BCUT2D eigenvalue weighted by atomic mass is 10.1. The van der Waals surface area contributed by atoms with Crippen LogP contribution in [0.5, 0.6) is 0 Å². The van der Waals surface area contributed by atoms with Gasteiger partial charge in [-0.1, -0.05) is 15.9 Å². The molecule has 4 N–H and O–H groups in total. The largest absolute Gasteiger partial charge is 0.478 e. The topological polar surface area (TPSA) is 92.4 Å². The summed E-state index contributed by atoms with van der Waals surface area (Å²) in [6, 6.07) is 3.82. The standard InChI is InChI=1S/C10H11BrN2O3/c1-5(12)9(14)13-8-4-6(11)2-3-7(8)10(15)16/h2-5H,12H2,1H3,(H,13,14)(H,15,16). The second kappa shape index (κ2) is 5.09. The molecule has 0 aliphatic rings. The van der Waals surface area contributed by atoms with Gasteiger partial charge in [-0.25, -0.2) is 4.79 Å². The number of amides is 1. The number of hydrogen-bond donors (Lipinski definition) is 3. The van der Waals surface area contributed by atoms with Gasteiger partial charge in [0.25, 0.3) is 0 Å². The molecule has 0 aliphatic carbocycles. The van der Waals surface area contributed by atoms with Gasteiger partial charge in [-0.15, -0.1) is 0 Å². The van der Waals surface area contributed by atoms with Crippen molar-refractivity contribution in [2.24, 2.45) is 5.73 Å². The monoisotopic (exact) mass is 286 g/mol. The van der Waals surface area contributed by atoms with Gasteiger partial charge in [-0.2, -0.15) is 0 Å². The van der Waals surface area contributed by atoms with E-state index in [0.717, 1.165) is 0 Å². The molecule has 5 nitrogen and oxygen atoms in total. The molecule has 1 aromatic rings. The minimum Gasteiger partial charge on any atom is -0.478 e. The second-order valence-corrected chi connectivity index (χ2v) is 4.19. The van der Waals surface area contributed by atoms with Crippen LogP contribution in [0.3, 0.4) is 0 Å². The highest BCUT2D eigenvalue weighted by Gasteiger charge is 2.14. The fourth-order valence-corrected chi connectivity index (χ4v) is 1.41. The van der Waals surface area contributed by atoms with Gasteiger partial charge < -0.3 is 16.2 Å². The fraction of sp³-hybridized carbons (Fsp3) is 0.200. The van der Waals surface area contributed by atoms with E-state index in [1.807, 2.05) is 0 Å². The van der Waals surface area contributed by atoms with E-state index < -0.39 is 17.9 Å². The quantitative estimate of drug-likeness (QED) is 0.784. The average Bonchev–Trinajstić information content (AvgIpc) is 2.16. The molecule has 0 radical (unpaired) electrons. The number of aromatic carboxylic acids is 1. The Hall–Kier alpha value is -1.40. The SMILES string of the molecule is CC(N)C(=O)Nc1cc(Br)ccc1C(=O)O. The van der Waals surface area contributed by atoms with Crippen LogP contribution in [-0.2, 0) is 4.79 Å². The predicted octanol–water partition coefficient (Wildman–Crippen LogP) is 1.43. The Balaban J connectivity index is 3.06. The lowest BCUT2D eigenvalue weighted by Crippen LogP contribution is -2.33. The van der Waals surface area contributed by atoms with Crippen molar-refractivity contribution < 1.29 is 14.7 Å². The Morgan fingerprint density at radius 2 is 2.12 bits per heavy atom. The van der Waals surface area contributed by atoms with E-state index in [4.69, 9.17) is 10.8 Å². The number of rotatable bonds is 3. The van der Waals surface area contributed by atoms with E-state index in [-0.39, 0.29) is 11.3 Å². The summed E-state index contributed by atoms with van der Waals surface area (Å²) in [5.74, 6) is -1.53. The maximum atomic E-state index is 11.4. The average molecular weight is 287 g/mol. The first-order valence-corrected chi connectivity index (χ1v) is 5.30. The third kappa shape index (κ3) is 3.04. The summed E-state index contributed by atoms with van der Waals surface area (Å²) in [6.07, 6.45) is 0. The van der Waals surface area contributed by atoms with E-state index in [2.05, 4.69) is 21.2 Å². The summed E-state index contributed by atoms with van der Waals surface area (Å²) in [4.78, 5) is 22.2. The Morgan fingerprint density at radius 1 is 1.50 bits per heavy atom. The molecule has 0 saturated carbocycles. The van der Waals surface area contributed by atoms with Crippen molar-refractivity contribution in [3.8, 4) is 0 Å². The molecule has 1 rings (SSSR count). The zero-order chi connectivity index (χ0) is 12.3. The number of carbonyl (C=O) groups is 2. The Morgan fingerprint density at radius 3 is 2.62 bits per heavy atom. The molecule has 0 bridgehead atoms. The third-order valence-electron chi connectivity index (χ3n) is 1.88. The smallest absolute Gasteiger partial charge is 0.337 e. The van der Waals surface area contributed by atoms with Gasteiger partial charge in [0.1, 0.15) is 0 Å². The highest BCUT2D eigenvalue weighted by molar-refractivity contribution is 9.10. The van der Waals surface area contributed by atoms with Crippen molar-refractivity contribution in [3.63, 3.8) is 0 Å². The number of carbonyl (C=O) groups excluding carboxylic acids is 1. The number of nitrogens with one attached hydrogen (secondary N) is 1. The van der Waals surface area contributed by atoms with Crippen LogP contribution in [0.1, 0.15) is 17.3 Å². The van der Waals surface area contributed by atoms with Crippen molar-refractivity contribution >= 4 is 33.5 Å². The van der Waals surface area contributed by atoms with Crippen molar-refractivity contribution in [2.45, 2.75) is 13.0 Å². The molecule has 0 heterocycles. The highest BCUT2D eigenvalue weighted by Crippen LogP contribution is 2.21. The van der Waals surface area contributed by atoms with Gasteiger partial charge in [-0.05, 0) is 25.1 Å². The second-order valence-electron chi connectivity index (χ2n) is 3.27. The first kappa shape index (κ1) is 12.7. The predicted molar refractivity (Wildman–Crippen MR) is 63.4 cm³/mol. The maximum Gasteiger partial charge on any atom is 0.337 e. The van der Waals surface area contributed by atoms with Crippen LogP contribution in [0, 0.1) is 0 Å². The molecule has 1 amide bonds. The van der Waals surface area contributed by atoms with Crippen LogP contribution in [0.2, 0.25) is 0 Å². The number of anilines is 1. The van der Waals surface area contributed by atoms with Crippen LogP contribution in [0.15, 0.2) is 22.7 Å². The normalized spacial score (nSPS) is 11.9. The van der Waals surface area contributed by atoms with Crippen molar-refractivity contribution in [2.75, 3.05) is 5.32 Å². The number of halogens is 1. The Labute approximate surface area is 101 Å². The molecule has 1 aromatic carbocycles. The molecule has 0 fully saturated rings. The lowest BCUT2D eigenvalue weighted by Gasteiger charge is -2.10. The van der Waals surface area contributed by atoms with E-state index in [1.54, 1.807) is 6.07 Å². The van der Waals surface area contributed by atoms with Crippen molar-refractivity contribution in [3.05, 3.63) is 28.2 Å². The summed E-state index contributed by atoms with van der Waals surface area (Å²) in [5.41, 5.74) is 5.63. The maximum absolute atomic E-state index is 11.4. The molecule has 1 atom stereocenters. The summed E-state index contributed by atoms with van der Waals surface area (Å²) >= 11 is 3.20. The fourth-order valence-electron chi connectivity index (χ4n) is 1.05. The minimum atomic E-state index is -1.10. The van der Waals surface area contributed by atoms with Crippen LogP contribution in [0.4, 0.5) is 5.69 Å². The van der Waals surface area contributed by atoms with Gasteiger partial charge in [-0.3, -0.25) is 4.79 Å². The van der Waals surface area contributed by atoms with Gasteiger partial charge >= 0.3 is 5.97 Å². The van der Waals surface area contributed by atoms with Crippen LogP contribution in [0.25, 0.3) is 0 Å². The molecular formula is C10H11BrN2O3. The summed E-state index contributed by atoms with van der Waals surface area (Å²) in [7, 11) is 0. The number of carboxylic acid groups (broad SMARTS) is 1. The molecule has 0 aliphatic heterocycles. The molecule has 0 spiro atoms. The number of nitrogens with two attached hydrogens (primary N) is 1. The van der Waals surface area contributed by atoms with Gasteiger partial charge in [0.05, 0.1) is 17.3 Å². The molecular weight excluding hydrogens is 276 g/mol. The number of hydrogen-bond acceptors (Lipinski definition) is 3. The van der Waals surface area contributed by atoms with E-state index in [9.17, 15) is 9.59 Å². The highest BCUT2D eigenvalue weighted by atomic mass is 79.9. The molecule has 0 aromatic heterocycles. The van der Waals surface area contributed by atoms with E-state index in [1.165, 1.54) is 19.1 Å². The molecule has 6 heteroatoms. The zero-order valence-electron chi connectivity index (χ0n) is 8.53. The van der Waals surface area contributed by atoms with Crippen molar-refractivity contribution in [1.29, 1.82) is 0 Å². The third-order valence-corrected chi connectivity index (χ3v) is 2.38. The van der Waals surface area contributed by atoms with E-state index >= 15 is 0 Å². The number of benzene rings is 1. The van der Waals surface area contributed by atoms with Crippen LogP contribution in [-0.4, -0.2) is 23.0 Å². The first-order valence-electron chi connectivity index (χ1n) is 4.51. The Kier molecular flexibility index (Phi) is 4.03. The number of carboxylic acids is 1. The van der Waals surface area contributed by atoms with E-state index in [0.29, 0.717) is 4.47 Å².